The van der Waals surface area contributed by atoms with E-state index in [2.05, 4.69) is 5.92 Å². The van der Waals surface area contributed by atoms with Gasteiger partial charge in [0, 0.05) is 20.0 Å². The SMILES string of the molecule is C#CCCC1(O)CCCC(OC)C1. The lowest BCUT2D eigenvalue weighted by Crippen LogP contribution is -2.38. The smallest absolute Gasteiger partial charge is 0.0681 e. The Kier molecular flexibility index (Phi) is 3.77. The molecule has 2 atom stereocenters. The molecule has 1 rings (SSSR count). The first-order valence-electron chi connectivity index (χ1n) is 4.89. The zero-order valence-electron chi connectivity index (χ0n) is 8.25. The standard InChI is InChI=1S/C11H18O2/c1-3-4-7-11(12)8-5-6-10(9-11)13-2/h1,10,12H,4-9H2,2H3. The fourth-order valence-corrected chi connectivity index (χ4v) is 2.02. The third-order valence-corrected chi connectivity index (χ3v) is 2.84. The van der Waals surface area contributed by atoms with Crippen LogP contribution in [-0.4, -0.2) is 23.9 Å². The van der Waals surface area contributed by atoms with Crippen LogP contribution in [0.25, 0.3) is 0 Å². The summed E-state index contributed by atoms with van der Waals surface area (Å²) in [5.41, 5.74) is -0.564. The van der Waals surface area contributed by atoms with Crippen LogP contribution in [0.3, 0.4) is 0 Å². The number of methoxy groups -OCH3 is 1. The van der Waals surface area contributed by atoms with Crippen molar-refractivity contribution in [1.82, 2.24) is 0 Å². The van der Waals surface area contributed by atoms with Gasteiger partial charge in [0.05, 0.1) is 11.7 Å². The summed E-state index contributed by atoms with van der Waals surface area (Å²) >= 11 is 0. The van der Waals surface area contributed by atoms with Gasteiger partial charge < -0.3 is 9.84 Å². The van der Waals surface area contributed by atoms with Crippen molar-refractivity contribution < 1.29 is 9.84 Å². The highest BCUT2D eigenvalue weighted by Crippen LogP contribution is 2.33. The molecule has 1 saturated carbocycles. The topological polar surface area (TPSA) is 29.5 Å². The molecular weight excluding hydrogens is 164 g/mol. The molecule has 0 amide bonds. The molecule has 74 valence electrons. The van der Waals surface area contributed by atoms with Crippen molar-refractivity contribution in [2.24, 2.45) is 0 Å². The van der Waals surface area contributed by atoms with E-state index in [9.17, 15) is 5.11 Å². The van der Waals surface area contributed by atoms with Crippen LogP contribution in [0.5, 0.6) is 0 Å². The summed E-state index contributed by atoms with van der Waals surface area (Å²) < 4.78 is 5.25. The van der Waals surface area contributed by atoms with Crippen LogP contribution in [0.4, 0.5) is 0 Å². The molecule has 0 radical (unpaired) electrons. The molecule has 1 N–H and O–H groups in total. The Bertz CT molecular complexity index is 195. The van der Waals surface area contributed by atoms with Crippen LogP contribution in [-0.2, 0) is 4.74 Å². The summed E-state index contributed by atoms with van der Waals surface area (Å²) in [6, 6.07) is 0. The number of hydrogen-bond acceptors (Lipinski definition) is 2. The maximum Gasteiger partial charge on any atom is 0.0681 e. The molecule has 0 spiro atoms. The number of terminal acetylenes is 1. The van der Waals surface area contributed by atoms with Gasteiger partial charge in [0.1, 0.15) is 0 Å². The molecular formula is C11H18O2. The summed E-state index contributed by atoms with van der Waals surface area (Å²) in [5, 5.41) is 10.1. The normalized spacial score (nSPS) is 34.1. The highest BCUT2D eigenvalue weighted by atomic mass is 16.5. The minimum atomic E-state index is -0.564. The van der Waals surface area contributed by atoms with E-state index in [1.165, 1.54) is 0 Å². The van der Waals surface area contributed by atoms with Gasteiger partial charge >= 0.3 is 0 Å². The number of aliphatic hydroxyl groups is 1. The van der Waals surface area contributed by atoms with Gasteiger partial charge in [-0.1, -0.05) is 0 Å². The van der Waals surface area contributed by atoms with E-state index >= 15 is 0 Å². The van der Waals surface area contributed by atoms with Crippen LogP contribution in [0.1, 0.15) is 38.5 Å². The first-order valence-corrected chi connectivity index (χ1v) is 4.89. The Balaban J connectivity index is 2.43. The number of hydrogen-bond donors (Lipinski definition) is 1. The molecule has 13 heavy (non-hydrogen) atoms. The Labute approximate surface area is 80.3 Å². The van der Waals surface area contributed by atoms with Gasteiger partial charge in [-0.15, -0.1) is 12.3 Å². The third-order valence-electron chi connectivity index (χ3n) is 2.84. The zero-order chi connectivity index (χ0) is 9.73. The lowest BCUT2D eigenvalue weighted by Gasteiger charge is -2.35. The van der Waals surface area contributed by atoms with Gasteiger partial charge in [-0.2, -0.15) is 0 Å². The van der Waals surface area contributed by atoms with E-state index in [-0.39, 0.29) is 6.10 Å². The van der Waals surface area contributed by atoms with Crippen molar-refractivity contribution in [2.75, 3.05) is 7.11 Å². The van der Waals surface area contributed by atoms with Gasteiger partial charge in [-0.3, -0.25) is 0 Å². The molecule has 1 aliphatic rings. The fraction of sp³-hybridized carbons (Fsp3) is 0.818. The molecule has 0 aromatic heterocycles. The molecule has 2 heteroatoms. The lowest BCUT2D eigenvalue weighted by molar-refractivity contribution is -0.0624. The third kappa shape index (κ3) is 3.02. The molecule has 2 nitrogen and oxygen atoms in total. The maximum atomic E-state index is 10.1. The monoisotopic (exact) mass is 182 g/mol. The minimum absolute atomic E-state index is 0.219. The van der Waals surface area contributed by atoms with Crippen molar-refractivity contribution in [3.63, 3.8) is 0 Å². The average molecular weight is 182 g/mol. The number of rotatable bonds is 3. The summed E-state index contributed by atoms with van der Waals surface area (Å²) in [4.78, 5) is 0. The van der Waals surface area contributed by atoms with Crippen molar-refractivity contribution in [1.29, 1.82) is 0 Å². The summed E-state index contributed by atoms with van der Waals surface area (Å²) in [5.74, 6) is 2.57. The van der Waals surface area contributed by atoms with Crippen molar-refractivity contribution in [3.05, 3.63) is 0 Å². The van der Waals surface area contributed by atoms with Crippen molar-refractivity contribution in [2.45, 2.75) is 50.2 Å². The molecule has 0 aromatic rings. The first kappa shape index (κ1) is 10.6. The van der Waals surface area contributed by atoms with Crippen LogP contribution >= 0.6 is 0 Å². The number of ether oxygens (including phenoxy) is 1. The van der Waals surface area contributed by atoms with Gasteiger partial charge in [0.2, 0.25) is 0 Å². The second-order valence-corrected chi connectivity index (χ2v) is 3.88. The largest absolute Gasteiger partial charge is 0.390 e. The van der Waals surface area contributed by atoms with Crippen molar-refractivity contribution >= 4 is 0 Å². The Morgan fingerprint density at radius 1 is 1.69 bits per heavy atom. The molecule has 1 fully saturated rings. The fourth-order valence-electron chi connectivity index (χ4n) is 2.02. The molecule has 0 bridgehead atoms. The zero-order valence-corrected chi connectivity index (χ0v) is 8.25. The molecule has 0 heterocycles. The van der Waals surface area contributed by atoms with E-state index in [1.807, 2.05) is 0 Å². The highest BCUT2D eigenvalue weighted by molar-refractivity contribution is 4.92. The molecule has 1 aliphatic carbocycles. The predicted octanol–water partition coefficient (Wildman–Crippen LogP) is 1.72. The lowest BCUT2D eigenvalue weighted by atomic mass is 9.80. The van der Waals surface area contributed by atoms with Gasteiger partial charge in [0.15, 0.2) is 0 Å². The molecule has 2 unspecified atom stereocenters. The maximum absolute atomic E-state index is 10.1. The summed E-state index contributed by atoms with van der Waals surface area (Å²) in [6.07, 6.45) is 10.5. The predicted molar refractivity (Wildman–Crippen MR) is 52.3 cm³/mol. The van der Waals surface area contributed by atoms with E-state index in [0.29, 0.717) is 12.8 Å². The van der Waals surface area contributed by atoms with Gasteiger partial charge in [0.25, 0.3) is 0 Å². The van der Waals surface area contributed by atoms with Crippen LogP contribution in [0.2, 0.25) is 0 Å². The summed E-state index contributed by atoms with van der Waals surface area (Å²) in [7, 11) is 1.71. The Morgan fingerprint density at radius 3 is 3.08 bits per heavy atom. The van der Waals surface area contributed by atoms with Gasteiger partial charge in [-0.05, 0) is 25.7 Å². The quantitative estimate of drug-likeness (QED) is 0.673. The highest BCUT2D eigenvalue weighted by Gasteiger charge is 2.33. The Morgan fingerprint density at radius 2 is 2.46 bits per heavy atom. The first-order chi connectivity index (χ1) is 6.20. The van der Waals surface area contributed by atoms with Crippen LogP contribution in [0, 0.1) is 12.3 Å². The second-order valence-electron chi connectivity index (χ2n) is 3.88. The van der Waals surface area contributed by atoms with E-state index in [4.69, 9.17) is 11.2 Å². The second kappa shape index (κ2) is 4.64. The van der Waals surface area contributed by atoms with Crippen molar-refractivity contribution in [3.8, 4) is 12.3 Å². The molecule has 0 aromatic carbocycles. The average Bonchev–Trinajstić information content (AvgIpc) is 2.15. The van der Waals surface area contributed by atoms with Crippen LogP contribution in [0.15, 0.2) is 0 Å². The van der Waals surface area contributed by atoms with E-state index < -0.39 is 5.60 Å². The molecule has 0 saturated heterocycles. The van der Waals surface area contributed by atoms with E-state index in [0.717, 1.165) is 25.7 Å². The minimum Gasteiger partial charge on any atom is -0.390 e. The Hall–Kier alpha value is -0.520. The van der Waals surface area contributed by atoms with Crippen LogP contribution < -0.4 is 0 Å². The molecule has 0 aliphatic heterocycles. The summed E-state index contributed by atoms with van der Waals surface area (Å²) in [6.45, 7) is 0. The van der Waals surface area contributed by atoms with E-state index in [1.54, 1.807) is 7.11 Å². The van der Waals surface area contributed by atoms with Gasteiger partial charge in [-0.25, -0.2) is 0 Å².